The molecule has 1 saturated carbocycles. The Morgan fingerprint density at radius 2 is 1.81 bits per heavy atom. The highest BCUT2D eigenvalue weighted by atomic mass is 32.2. The number of nitrogens with one attached hydrogen (secondary N) is 1. The van der Waals surface area contributed by atoms with Crippen LogP contribution >= 0.6 is 0 Å². The van der Waals surface area contributed by atoms with Crippen LogP contribution in [0.15, 0.2) is 0 Å². The monoisotopic (exact) mass is 316 g/mol. The van der Waals surface area contributed by atoms with Gasteiger partial charge in [-0.3, -0.25) is 9.59 Å². The molecule has 1 heterocycles. The second-order valence-corrected chi connectivity index (χ2v) is 8.41. The molecule has 21 heavy (non-hydrogen) atoms. The Morgan fingerprint density at radius 1 is 1.24 bits per heavy atom. The maximum absolute atomic E-state index is 12.7. The van der Waals surface area contributed by atoms with Gasteiger partial charge in [0.25, 0.3) is 0 Å². The van der Waals surface area contributed by atoms with Gasteiger partial charge in [-0.2, -0.15) is 0 Å². The van der Waals surface area contributed by atoms with E-state index in [0.29, 0.717) is 12.8 Å². The van der Waals surface area contributed by atoms with E-state index in [1.54, 1.807) is 0 Å². The predicted molar refractivity (Wildman–Crippen MR) is 79.4 cm³/mol. The van der Waals surface area contributed by atoms with Gasteiger partial charge in [0.1, 0.15) is 21.4 Å². The van der Waals surface area contributed by atoms with Crippen molar-refractivity contribution in [2.75, 3.05) is 18.6 Å². The molecule has 2 aliphatic rings. The van der Waals surface area contributed by atoms with Gasteiger partial charge in [0.05, 0.1) is 5.75 Å². The summed E-state index contributed by atoms with van der Waals surface area (Å²) in [5, 5.41) is 2.87. The number of piperazine rings is 1. The second kappa shape index (κ2) is 5.59. The van der Waals surface area contributed by atoms with Gasteiger partial charge in [0, 0.05) is 12.8 Å². The third kappa shape index (κ3) is 3.07. The summed E-state index contributed by atoms with van der Waals surface area (Å²) < 4.78 is 22.9. The number of carbonyl (C=O) groups is 2. The lowest BCUT2D eigenvalue weighted by Gasteiger charge is -2.47. The van der Waals surface area contributed by atoms with E-state index in [-0.39, 0.29) is 30.0 Å². The molecule has 0 aromatic heterocycles. The van der Waals surface area contributed by atoms with Gasteiger partial charge in [-0.15, -0.1) is 0 Å². The fraction of sp³-hybridized carbons (Fsp3) is 0.857. The van der Waals surface area contributed by atoms with Crippen LogP contribution in [0.3, 0.4) is 0 Å². The lowest BCUT2D eigenvalue weighted by molar-refractivity contribution is -0.158. The summed E-state index contributed by atoms with van der Waals surface area (Å²) in [7, 11) is -3.18. The summed E-state index contributed by atoms with van der Waals surface area (Å²) in [6.07, 6.45) is 4.02. The second-order valence-electron chi connectivity index (χ2n) is 6.15. The molecule has 1 unspecified atom stereocenters. The predicted octanol–water partition coefficient (Wildman–Crippen LogP) is 0.327. The molecule has 1 aliphatic carbocycles. The molecule has 0 aromatic rings. The van der Waals surface area contributed by atoms with Gasteiger partial charge in [-0.1, -0.05) is 13.8 Å². The largest absolute Gasteiger partial charge is 0.342 e. The van der Waals surface area contributed by atoms with Crippen LogP contribution in [0.1, 0.15) is 39.5 Å². The van der Waals surface area contributed by atoms with E-state index in [9.17, 15) is 18.0 Å². The van der Waals surface area contributed by atoms with Crippen LogP contribution in [0.2, 0.25) is 0 Å². The maximum Gasteiger partial charge on any atom is 0.246 e. The summed E-state index contributed by atoms with van der Waals surface area (Å²) in [6, 6.07) is -0.469. The maximum atomic E-state index is 12.7. The average molecular weight is 316 g/mol. The van der Waals surface area contributed by atoms with Crippen molar-refractivity contribution in [2.24, 2.45) is 5.92 Å². The topological polar surface area (TPSA) is 83.6 Å². The first-order valence-corrected chi connectivity index (χ1v) is 9.61. The number of hydrogen-bond acceptors (Lipinski definition) is 4. The van der Waals surface area contributed by atoms with Gasteiger partial charge in [-0.05, 0) is 31.6 Å². The minimum Gasteiger partial charge on any atom is -0.342 e. The van der Waals surface area contributed by atoms with Crippen molar-refractivity contribution in [1.82, 2.24) is 10.2 Å². The summed E-state index contributed by atoms with van der Waals surface area (Å²) in [6.45, 7) is 3.82. The molecule has 1 aliphatic heterocycles. The Kier molecular flexibility index (Phi) is 4.33. The quantitative estimate of drug-likeness (QED) is 0.765. The number of rotatable bonds is 6. The highest BCUT2D eigenvalue weighted by Crippen LogP contribution is 2.38. The van der Waals surface area contributed by atoms with Crippen LogP contribution in [0, 0.1) is 5.92 Å². The lowest BCUT2D eigenvalue weighted by atomic mass is 9.85. The molecule has 120 valence electrons. The molecule has 1 atom stereocenters. The first-order chi connectivity index (χ1) is 9.75. The normalized spacial score (nSPS) is 25.9. The first kappa shape index (κ1) is 16.3. The average Bonchev–Trinajstić information content (AvgIpc) is 3.22. The minimum absolute atomic E-state index is 0.0932. The van der Waals surface area contributed by atoms with Gasteiger partial charge in [0.15, 0.2) is 0 Å². The Labute approximate surface area is 126 Å². The highest BCUT2D eigenvalue weighted by molar-refractivity contribution is 7.90. The van der Waals surface area contributed by atoms with E-state index < -0.39 is 21.4 Å². The van der Waals surface area contributed by atoms with E-state index >= 15 is 0 Å². The Balaban J connectivity index is 2.29. The molecular weight excluding hydrogens is 292 g/mol. The SMILES string of the molecule is CCC1(CC)C(=O)NC(C2CC2)C(=O)N1CCS(C)(=O)=O. The first-order valence-electron chi connectivity index (χ1n) is 7.55. The van der Waals surface area contributed by atoms with Crippen LogP contribution in [0.25, 0.3) is 0 Å². The van der Waals surface area contributed by atoms with Crippen molar-refractivity contribution in [3.05, 3.63) is 0 Å². The molecule has 2 fully saturated rings. The van der Waals surface area contributed by atoms with E-state index in [0.717, 1.165) is 19.1 Å². The fourth-order valence-corrected chi connectivity index (χ4v) is 3.64. The molecule has 7 heteroatoms. The van der Waals surface area contributed by atoms with Crippen LogP contribution in [0.4, 0.5) is 0 Å². The van der Waals surface area contributed by atoms with Crippen molar-refractivity contribution in [3.8, 4) is 0 Å². The molecule has 0 aromatic carbocycles. The van der Waals surface area contributed by atoms with Crippen LogP contribution in [-0.4, -0.2) is 55.3 Å². The zero-order chi connectivity index (χ0) is 15.8. The smallest absolute Gasteiger partial charge is 0.246 e. The van der Waals surface area contributed by atoms with Gasteiger partial charge >= 0.3 is 0 Å². The van der Waals surface area contributed by atoms with Crippen molar-refractivity contribution < 1.29 is 18.0 Å². The Hall–Kier alpha value is -1.11. The van der Waals surface area contributed by atoms with E-state index in [2.05, 4.69) is 5.32 Å². The van der Waals surface area contributed by atoms with E-state index in [1.807, 2.05) is 13.8 Å². The van der Waals surface area contributed by atoms with Crippen molar-refractivity contribution in [3.63, 3.8) is 0 Å². The third-order valence-corrected chi connectivity index (χ3v) is 5.63. The fourth-order valence-electron chi connectivity index (χ4n) is 3.12. The zero-order valence-corrected chi connectivity index (χ0v) is 13.7. The van der Waals surface area contributed by atoms with Gasteiger partial charge in [0.2, 0.25) is 11.8 Å². The number of amides is 2. The van der Waals surface area contributed by atoms with Crippen LogP contribution in [-0.2, 0) is 19.4 Å². The Morgan fingerprint density at radius 3 is 2.24 bits per heavy atom. The highest BCUT2D eigenvalue weighted by Gasteiger charge is 2.53. The van der Waals surface area contributed by atoms with Crippen molar-refractivity contribution in [1.29, 1.82) is 0 Å². The van der Waals surface area contributed by atoms with E-state index in [4.69, 9.17) is 0 Å². The summed E-state index contributed by atoms with van der Waals surface area (Å²) >= 11 is 0. The van der Waals surface area contributed by atoms with Crippen LogP contribution < -0.4 is 5.32 Å². The molecule has 0 spiro atoms. The molecule has 0 radical (unpaired) electrons. The zero-order valence-electron chi connectivity index (χ0n) is 12.9. The molecule has 2 amide bonds. The van der Waals surface area contributed by atoms with Gasteiger partial charge < -0.3 is 10.2 Å². The van der Waals surface area contributed by atoms with Crippen molar-refractivity contribution in [2.45, 2.75) is 51.1 Å². The van der Waals surface area contributed by atoms with Gasteiger partial charge in [-0.25, -0.2) is 8.42 Å². The summed E-state index contributed by atoms with van der Waals surface area (Å²) in [5.41, 5.74) is -0.910. The lowest BCUT2D eigenvalue weighted by Crippen LogP contribution is -2.71. The molecule has 1 N–H and O–H groups in total. The number of carbonyl (C=O) groups excluding carboxylic acids is 2. The number of sulfone groups is 1. The molecule has 0 bridgehead atoms. The number of nitrogens with zero attached hydrogens (tertiary/aromatic N) is 1. The molecule has 1 saturated heterocycles. The van der Waals surface area contributed by atoms with Crippen molar-refractivity contribution >= 4 is 21.7 Å². The standard InChI is InChI=1S/C14H24N2O4S/c1-4-14(5-2)13(18)15-11(10-6-7-10)12(17)16(14)8-9-21(3,19)20/h10-11H,4-9H2,1-3H3,(H,15,18). The third-order valence-electron chi connectivity index (χ3n) is 4.71. The Bertz CT molecular complexity index is 535. The summed E-state index contributed by atoms with van der Waals surface area (Å²) in [4.78, 5) is 26.8. The molecule has 6 nitrogen and oxygen atoms in total. The van der Waals surface area contributed by atoms with Crippen LogP contribution in [0.5, 0.6) is 0 Å². The molecule has 2 rings (SSSR count). The summed E-state index contributed by atoms with van der Waals surface area (Å²) in [5.74, 6) is -0.152. The molecular formula is C14H24N2O4S. The minimum atomic E-state index is -3.18. The van der Waals surface area contributed by atoms with E-state index in [1.165, 1.54) is 4.90 Å². The number of hydrogen-bond donors (Lipinski definition) is 1.